The molecule has 1 aliphatic heterocycles. The Bertz CT molecular complexity index is 1520. The average molecular weight is 584 g/mol. The minimum absolute atomic E-state index is 0.196. The molecule has 1 aliphatic rings. The molecule has 4 aromatic rings. The van der Waals surface area contributed by atoms with E-state index in [0.717, 1.165) is 48.9 Å². The van der Waals surface area contributed by atoms with Gasteiger partial charge in [0, 0.05) is 48.3 Å². The van der Waals surface area contributed by atoms with Crippen molar-refractivity contribution in [3.63, 3.8) is 0 Å². The lowest BCUT2D eigenvalue weighted by Crippen LogP contribution is -2.47. The van der Waals surface area contributed by atoms with E-state index in [-0.39, 0.29) is 11.9 Å². The number of nitrogens with one attached hydrogen (secondary N) is 3. The van der Waals surface area contributed by atoms with Gasteiger partial charge in [0.2, 0.25) is 0 Å². The molecule has 1 heterocycles. The molecule has 1 saturated heterocycles. The summed E-state index contributed by atoms with van der Waals surface area (Å²) < 4.78 is 5.57. The zero-order chi connectivity index (χ0) is 29.5. The number of benzene rings is 4. The standard InChI is InChI=1S/C33H34ClN5O3/c1-23(24-8-4-3-5-9-24)35-32(40)28-22-27(37-33(41)36-26-14-12-25(34)13-15-26)16-17-29(28)38-18-20-39(21-19-38)30-10-6-7-11-31(30)42-2/h3-17,22-23H,18-21H2,1-2H3,(H,35,40)(H2,36,37,41). The van der Waals surface area contributed by atoms with Crippen LogP contribution >= 0.6 is 11.6 Å². The van der Waals surface area contributed by atoms with Gasteiger partial charge in [-0.3, -0.25) is 4.79 Å². The van der Waals surface area contributed by atoms with Crippen molar-refractivity contribution in [3.8, 4) is 5.75 Å². The van der Waals surface area contributed by atoms with E-state index in [0.29, 0.717) is 22.0 Å². The Morgan fingerprint density at radius 3 is 2.05 bits per heavy atom. The third-order valence-electron chi connectivity index (χ3n) is 7.29. The van der Waals surface area contributed by atoms with Gasteiger partial charge in [-0.25, -0.2) is 4.79 Å². The summed E-state index contributed by atoms with van der Waals surface area (Å²) in [5.41, 5.74) is 4.49. The predicted molar refractivity (Wildman–Crippen MR) is 170 cm³/mol. The van der Waals surface area contributed by atoms with Crippen molar-refractivity contribution in [1.29, 1.82) is 0 Å². The Kier molecular flexibility index (Phi) is 9.14. The molecule has 0 spiro atoms. The van der Waals surface area contributed by atoms with Crippen molar-refractivity contribution in [1.82, 2.24) is 5.32 Å². The highest BCUT2D eigenvalue weighted by molar-refractivity contribution is 6.30. The highest BCUT2D eigenvalue weighted by Crippen LogP contribution is 2.31. The minimum Gasteiger partial charge on any atom is -0.495 e. The Morgan fingerprint density at radius 1 is 0.762 bits per heavy atom. The van der Waals surface area contributed by atoms with E-state index in [2.05, 4.69) is 31.8 Å². The van der Waals surface area contributed by atoms with Crippen molar-refractivity contribution in [2.45, 2.75) is 13.0 Å². The monoisotopic (exact) mass is 583 g/mol. The summed E-state index contributed by atoms with van der Waals surface area (Å²) in [5.74, 6) is 0.628. The van der Waals surface area contributed by atoms with Crippen LogP contribution in [-0.4, -0.2) is 45.2 Å². The second-order valence-corrected chi connectivity index (χ2v) is 10.5. The first kappa shape index (κ1) is 28.8. The van der Waals surface area contributed by atoms with Crippen LogP contribution in [0.2, 0.25) is 5.02 Å². The summed E-state index contributed by atoms with van der Waals surface area (Å²) in [4.78, 5) is 31.0. The van der Waals surface area contributed by atoms with Gasteiger partial charge in [0.1, 0.15) is 5.75 Å². The Labute approximate surface area is 251 Å². The van der Waals surface area contributed by atoms with Crippen LogP contribution in [-0.2, 0) is 0 Å². The van der Waals surface area contributed by atoms with Gasteiger partial charge < -0.3 is 30.5 Å². The van der Waals surface area contributed by atoms with E-state index in [9.17, 15) is 9.59 Å². The van der Waals surface area contributed by atoms with Gasteiger partial charge in [-0.15, -0.1) is 0 Å². The number of piperazine rings is 1. The van der Waals surface area contributed by atoms with Crippen molar-refractivity contribution in [2.75, 3.05) is 53.7 Å². The van der Waals surface area contributed by atoms with Crippen LogP contribution in [0.15, 0.2) is 97.1 Å². The summed E-state index contributed by atoms with van der Waals surface area (Å²) in [6.45, 7) is 4.93. The zero-order valence-corrected chi connectivity index (χ0v) is 24.4. The lowest BCUT2D eigenvalue weighted by Gasteiger charge is -2.38. The van der Waals surface area contributed by atoms with Gasteiger partial charge in [-0.1, -0.05) is 54.1 Å². The summed E-state index contributed by atoms with van der Waals surface area (Å²) >= 11 is 5.95. The number of anilines is 4. The SMILES string of the molecule is COc1ccccc1N1CCN(c2ccc(NC(=O)Nc3ccc(Cl)cc3)cc2C(=O)NC(C)c2ccccc2)CC1. The first-order chi connectivity index (χ1) is 20.4. The molecule has 1 atom stereocenters. The molecule has 8 nitrogen and oxygen atoms in total. The van der Waals surface area contributed by atoms with E-state index in [1.807, 2.05) is 67.6 Å². The van der Waals surface area contributed by atoms with Gasteiger partial charge in [-0.05, 0) is 67.1 Å². The van der Waals surface area contributed by atoms with E-state index in [1.54, 1.807) is 37.4 Å². The Balaban J connectivity index is 1.35. The number of para-hydroxylation sites is 2. The topological polar surface area (TPSA) is 85.9 Å². The van der Waals surface area contributed by atoms with E-state index >= 15 is 0 Å². The fraction of sp³-hybridized carbons (Fsp3) is 0.212. The van der Waals surface area contributed by atoms with Gasteiger partial charge in [0.05, 0.1) is 24.4 Å². The molecule has 1 fully saturated rings. The van der Waals surface area contributed by atoms with E-state index in [4.69, 9.17) is 16.3 Å². The molecular formula is C33H34ClN5O3. The Morgan fingerprint density at radius 2 is 1.36 bits per heavy atom. The summed E-state index contributed by atoms with van der Waals surface area (Å²) in [6.07, 6.45) is 0. The molecule has 42 heavy (non-hydrogen) atoms. The molecular weight excluding hydrogens is 550 g/mol. The van der Waals surface area contributed by atoms with Gasteiger partial charge >= 0.3 is 6.03 Å². The number of methoxy groups -OCH3 is 1. The molecule has 3 N–H and O–H groups in total. The smallest absolute Gasteiger partial charge is 0.323 e. The predicted octanol–water partition coefficient (Wildman–Crippen LogP) is 6.81. The van der Waals surface area contributed by atoms with Crippen LogP contribution in [0.3, 0.4) is 0 Å². The number of carbonyl (C=O) groups is 2. The van der Waals surface area contributed by atoms with Gasteiger partial charge in [0.15, 0.2) is 0 Å². The zero-order valence-electron chi connectivity index (χ0n) is 23.6. The largest absolute Gasteiger partial charge is 0.495 e. The first-order valence-electron chi connectivity index (χ1n) is 13.9. The second-order valence-electron chi connectivity index (χ2n) is 10.1. The van der Waals surface area contributed by atoms with E-state index < -0.39 is 6.03 Å². The Hall–Kier alpha value is -4.69. The number of rotatable bonds is 8. The van der Waals surface area contributed by atoms with Crippen molar-refractivity contribution in [3.05, 3.63) is 113 Å². The quantitative estimate of drug-likeness (QED) is 0.212. The number of urea groups is 1. The van der Waals surface area contributed by atoms with Gasteiger partial charge in [-0.2, -0.15) is 0 Å². The number of hydrogen-bond donors (Lipinski definition) is 3. The van der Waals surface area contributed by atoms with Crippen molar-refractivity contribution in [2.24, 2.45) is 0 Å². The number of halogens is 1. The molecule has 0 radical (unpaired) electrons. The van der Waals surface area contributed by atoms with Crippen LogP contribution in [0.4, 0.5) is 27.5 Å². The van der Waals surface area contributed by atoms with Crippen molar-refractivity contribution >= 4 is 46.3 Å². The molecule has 0 aromatic heterocycles. The molecule has 0 saturated carbocycles. The normalized spacial score (nSPS) is 13.7. The van der Waals surface area contributed by atoms with Crippen LogP contribution in [0, 0.1) is 0 Å². The maximum atomic E-state index is 13.7. The summed E-state index contributed by atoms with van der Waals surface area (Å²) in [7, 11) is 1.68. The van der Waals surface area contributed by atoms with Crippen LogP contribution < -0.4 is 30.5 Å². The highest BCUT2D eigenvalue weighted by Gasteiger charge is 2.24. The number of nitrogens with zero attached hydrogens (tertiary/aromatic N) is 2. The minimum atomic E-state index is -0.417. The molecule has 1 unspecified atom stereocenters. The lowest BCUT2D eigenvalue weighted by molar-refractivity contribution is 0.0940. The summed E-state index contributed by atoms with van der Waals surface area (Å²) in [5, 5.41) is 9.36. The molecule has 5 rings (SSSR count). The third-order valence-corrected chi connectivity index (χ3v) is 7.55. The number of amides is 3. The fourth-order valence-electron chi connectivity index (χ4n) is 5.08. The fourth-order valence-corrected chi connectivity index (χ4v) is 5.20. The van der Waals surface area contributed by atoms with Crippen LogP contribution in [0.25, 0.3) is 0 Å². The molecule has 0 bridgehead atoms. The highest BCUT2D eigenvalue weighted by atomic mass is 35.5. The average Bonchev–Trinajstić information content (AvgIpc) is 3.02. The molecule has 4 aromatic carbocycles. The van der Waals surface area contributed by atoms with Crippen LogP contribution in [0.5, 0.6) is 5.75 Å². The van der Waals surface area contributed by atoms with Crippen molar-refractivity contribution < 1.29 is 14.3 Å². The molecule has 216 valence electrons. The molecule has 0 aliphatic carbocycles. The molecule has 3 amide bonds. The van der Waals surface area contributed by atoms with Crippen LogP contribution in [0.1, 0.15) is 28.9 Å². The maximum Gasteiger partial charge on any atom is 0.323 e. The number of ether oxygens (including phenoxy) is 1. The maximum absolute atomic E-state index is 13.7. The third kappa shape index (κ3) is 6.95. The van der Waals surface area contributed by atoms with E-state index in [1.165, 1.54) is 0 Å². The summed E-state index contributed by atoms with van der Waals surface area (Å²) in [6, 6.07) is 29.5. The molecule has 9 heteroatoms. The number of carbonyl (C=O) groups excluding carboxylic acids is 2. The lowest BCUT2D eigenvalue weighted by atomic mass is 10.1. The number of hydrogen-bond acceptors (Lipinski definition) is 5. The first-order valence-corrected chi connectivity index (χ1v) is 14.3. The second kappa shape index (κ2) is 13.3. The van der Waals surface area contributed by atoms with Gasteiger partial charge in [0.25, 0.3) is 5.91 Å².